The SMILES string of the molecule is COC[C@@H]1O[C@@H]2O[C@H]3[C@H](OC)[C@@H](OC)[C@@H](O[C@H]4[C@@H](OC)[C@H](OC)[C@@H](O[C@H]5[C@H](OC)[C@H](OC)[C@@H](O[C@H]6[C@H](OC)[C@@H](OC)[C@@H](O[C@H]7[C@H](OC)[C@@H](OC)[C@@H](O[C@H]8[C@H](OC)[C@@H](OC)[C@@H](O[C@H]1[C@H](OC)[C@H]2OC)O[C@H]8COC)O[C@H]7COC)O[C@@H]6COC)O[C@@H]5COC)O[C@@H]4COC)O[C@H]3CO[Si](C)(C)C(C)(C)C. The Labute approximate surface area is 614 Å². The van der Waals surface area contributed by atoms with Gasteiger partial charge in [0.25, 0.3) is 0 Å². The highest BCUT2D eigenvalue weighted by atomic mass is 28.4. The minimum Gasteiger partial charge on any atom is -0.414 e. The van der Waals surface area contributed by atoms with E-state index in [-0.39, 0.29) is 51.3 Å². The lowest BCUT2D eigenvalue weighted by Crippen LogP contribution is -2.69. The molecule has 21 fully saturated rings. The zero-order valence-electron chi connectivity index (χ0n) is 65.4. The van der Waals surface area contributed by atoms with Gasteiger partial charge in [0.05, 0.1) is 46.2 Å². The van der Waals surface area contributed by atoms with Gasteiger partial charge in [-0.3, -0.25) is 0 Å². The average Bonchev–Trinajstić information content (AvgIpc) is 0.764. The van der Waals surface area contributed by atoms with Gasteiger partial charge < -0.3 is 165 Å². The van der Waals surface area contributed by atoms with E-state index in [9.17, 15) is 0 Å². The molecule has 0 aromatic carbocycles. The highest BCUT2D eigenvalue weighted by molar-refractivity contribution is 6.74. The quantitative estimate of drug-likeness (QED) is 0.0938. The van der Waals surface area contributed by atoms with Gasteiger partial charge in [0.2, 0.25) is 0 Å². The molecule has 36 heteroatoms. The van der Waals surface area contributed by atoms with Crippen molar-refractivity contribution in [1.82, 2.24) is 0 Å². The summed E-state index contributed by atoms with van der Waals surface area (Å²) in [6.45, 7) is 10.5. The fourth-order valence-corrected chi connectivity index (χ4v) is 16.2. The molecule has 0 unspecified atom stereocenters. The van der Waals surface area contributed by atoms with Crippen molar-refractivity contribution in [3.05, 3.63) is 0 Å². The summed E-state index contributed by atoms with van der Waals surface area (Å²) >= 11 is 0. The molecular formula is C68H124O35Si. The molecule has 0 amide bonds. The fourth-order valence-electron chi connectivity index (χ4n) is 15.2. The summed E-state index contributed by atoms with van der Waals surface area (Å²) < 4.78 is 230. The second kappa shape index (κ2) is 41.6. The van der Waals surface area contributed by atoms with Crippen molar-refractivity contribution in [1.29, 1.82) is 0 Å². The van der Waals surface area contributed by atoms with E-state index in [1.54, 1.807) is 7.11 Å². The Balaban J connectivity index is 1.26. The fraction of sp³-hybridized carbons (Fsp3) is 1.00. The molecule has 0 aliphatic carbocycles. The molecule has 0 spiro atoms. The van der Waals surface area contributed by atoms with Gasteiger partial charge in [-0.2, -0.15) is 0 Å². The first kappa shape index (κ1) is 88.4. The molecule has 0 aromatic rings. The van der Waals surface area contributed by atoms with Gasteiger partial charge in [-0.05, 0) is 18.1 Å². The van der Waals surface area contributed by atoms with Crippen LogP contribution in [0.2, 0.25) is 18.1 Å². The molecule has 21 rings (SSSR count). The number of methoxy groups -OCH3 is 20. The van der Waals surface area contributed by atoms with E-state index in [1.165, 1.54) is 135 Å². The lowest BCUT2D eigenvalue weighted by molar-refractivity contribution is -0.402. The van der Waals surface area contributed by atoms with Crippen molar-refractivity contribution in [3.8, 4) is 0 Å². The van der Waals surface area contributed by atoms with Gasteiger partial charge in [-0.1, -0.05) is 20.8 Å². The minimum absolute atomic E-state index is 0.0000827. The van der Waals surface area contributed by atoms with Gasteiger partial charge in [-0.15, -0.1) is 0 Å². The van der Waals surface area contributed by atoms with Gasteiger partial charge in [0, 0.05) is 142 Å². The van der Waals surface area contributed by atoms with Gasteiger partial charge in [0.1, 0.15) is 171 Å². The highest BCUT2D eigenvalue weighted by Crippen LogP contribution is 2.44. The van der Waals surface area contributed by atoms with E-state index in [0.717, 1.165) is 0 Å². The molecule has 14 bridgehead atoms. The predicted octanol–water partition coefficient (Wildman–Crippen LogP) is 0.881. The Morgan fingerprint density at radius 1 is 0.202 bits per heavy atom. The number of ether oxygens (including phenoxy) is 34. The molecule has 0 N–H and O–H groups in total. The third kappa shape index (κ3) is 19.4. The summed E-state index contributed by atoms with van der Waals surface area (Å²) in [7, 11) is 27.9. The summed E-state index contributed by atoms with van der Waals surface area (Å²) in [4.78, 5) is 0. The Hall–Kier alpha value is -1.18. The zero-order valence-corrected chi connectivity index (χ0v) is 66.4. The highest BCUT2D eigenvalue weighted by Gasteiger charge is 2.62. The van der Waals surface area contributed by atoms with Crippen LogP contribution >= 0.6 is 0 Å². The summed E-state index contributed by atoms with van der Waals surface area (Å²) in [5, 5.41) is -0.229. The molecule has 21 aliphatic heterocycles. The van der Waals surface area contributed by atoms with Crippen LogP contribution in [0.25, 0.3) is 0 Å². The van der Waals surface area contributed by atoms with E-state index in [2.05, 4.69) is 33.9 Å². The molecule has 0 saturated carbocycles. The lowest BCUT2D eigenvalue weighted by Gasteiger charge is -2.52. The second-order valence-electron chi connectivity index (χ2n) is 28.1. The van der Waals surface area contributed by atoms with Crippen molar-refractivity contribution in [2.45, 2.75) is 254 Å². The molecule has 0 aromatic heterocycles. The van der Waals surface area contributed by atoms with Crippen molar-refractivity contribution < 1.29 is 165 Å². The molecule has 610 valence electrons. The van der Waals surface area contributed by atoms with Crippen molar-refractivity contribution >= 4 is 8.32 Å². The summed E-state index contributed by atoms with van der Waals surface area (Å²) in [6.07, 6.45) is -36.3. The van der Waals surface area contributed by atoms with E-state index >= 15 is 0 Å². The first-order valence-electron chi connectivity index (χ1n) is 35.2. The standard InChI is InChI=1S/C68H124O35Si/c1-68(2,3)104(24,25)89-32-39-46-53(81-16)60(88-23)67(96-39)102-45-38(31-74-9)94-65(58(86-21)52(45)80-15)100-43-36(29-72-7)92-63(56(84-19)50(43)78-13)98-41-34(27-70-5)90-61(54(82-17)48(41)76-11)97-40-33(26-69-4)91-62(55(83-18)47(40)75-10)99-42-35(28-71-6)93-64(57(85-20)49(42)77-12)101-44-37(30-73-8)95-66(103-46)59(87-22)51(44)79-14/h33-67H,26-32H2,1-25H3/t33-,34+,35-,36+,37-,38+,39-,40+,41+,42+,43+,44+,45+,46+,47-,48-,49-,50-,51-,52+,53-,54+,55+,56-,57+,58-,59+,60+,61+,62+,63+,64+,65+,66+,67+/m0/s1. The Morgan fingerprint density at radius 2 is 0.337 bits per heavy atom. The molecule has 35 atom stereocenters. The van der Waals surface area contributed by atoms with Crippen molar-refractivity contribution in [3.63, 3.8) is 0 Å². The lowest BCUT2D eigenvalue weighted by atomic mass is 9.94. The van der Waals surface area contributed by atoms with Crippen molar-refractivity contribution in [2.24, 2.45) is 0 Å². The minimum atomic E-state index is -2.55. The van der Waals surface area contributed by atoms with Gasteiger partial charge in [0.15, 0.2) is 52.3 Å². The number of hydrogen-bond acceptors (Lipinski definition) is 35. The molecular weight excluding hydrogens is 1400 g/mol. The summed E-state index contributed by atoms with van der Waals surface area (Å²) in [5.74, 6) is 0. The molecule has 0 radical (unpaired) electrons. The van der Waals surface area contributed by atoms with Crippen LogP contribution in [0.5, 0.6) is 0 Å². The van der Waals surface area contributed by atoms with Crippen molar-refractivity contribution in [2.75, 3.05) is 188 Å². The largest absolute Gasteiger partial charge is 0.414 e. The van der Waals surface area contributed by atoms with Crippen LogP contribution in [0.1, 0.15) is 20.8 Å². The first-order valence-corrected chi connectivity index (χ1v) is 38.1. The Morgan fingerprint density at radius 3 is 0.452 bits per heavy atom. The monoisotopic (exact) mass is 1530 g/mol. The topological polar surface area (TPSA) is 323 Å². The van der Waals surface area contributed by atoms with Crippen LogP contribution in [-0.4, -0.2) is 412 Å². The number of hydrogen-bond donors (Lipinski definition) is 0. The smallest absolute Gasteiger partial charge is 0.192 e. The summed E-state index contributed by atoms with van der Waals surface area (Å²) in [5.41, 5.74) is 0. The summed E-state index contributed by atoms with van der Waals surface area (Å²) in [6, 6.07) is 0. The van der Waals surface area contributed by atoms with E-state index in [0.29, 0.717) is 0 Å². The van der Waals surface area contributed by atoms with Crippen LogP contribution in [0.15, 0.2) is 0 Å². The Kier molecular flexibility index (Phi) is 35.3. The number of rotatable bonds is 29. The van der Waals surface area contributed by atoms with Crippen LogP contribution in [0.3, 0.4) is 0 Å². The second-order valence-corrected chi connectivity index (χ2v) is 32.9. The molecule has 21 heterocycles. The van der Waals surface area contributed by atoms with Crippen LogP contribution in [0.4, 0.5) is 0 Å². The molecule has 104 heavy (non-hydrogen) atoms. The third-order valence-corrected chi connectivity index (χ3v) is 25.9. The van der Waals surface area contributed by atoms with E-state index in [4.69, 9.17) is 165 Å². The van der Waals surface area contributed by atoms with Crippen LogP contribution in [-0.2, 0) is 165 Å². The van der Waals surface area contributed by atoms with E-state index < -0.39 is 223 Å². The van der Waals surface area contributed by atoms with E-state index in [1.807, 2.05) is 0 Å². The van der Waals surface area contributed by atoms with Crippen LogP contribution < -0.4 is 0 Å². The Bertz CT molecular complexity index is 2400. The zero-order chi connectivity index (χ0) is 75.9. The first-order chi connectivity index (χ1) is 50.1. The normalized spacial score (nSPS) is 44.5. The average molecular weight is 1530 g/mol. The van der Waals surface area contributed by atoms with Gasteiger partial charge >= 0.3 is 0 Å². The maximum Gasteiger partial charge on any atom is 0.192 e. The third-order valence-electron chi connectivity index (χ3n) is 21.4. The molecule has 21 aliphatic rings. The molecule has 21 saturated heterocycles. The predicted molar refractivity (Wildman–Crippen MR) is 360 cm³/mol. The maximum atomic E-state index is 7.24. The molecule has 35 nitrogen and oxygen atoms in total. The maximum absolute atomic E-state index is 7.24. The van der Waals surface area contributed by atoms with Gasteiger partial charge in [-0.25, -0.2) is 0 Å². The van der Waals surface area contributed by atoms with Crippen LogP contribution in [0, 0.1) is 0 Å².